The lowest BCUT2D eigenvalue weighted by molar-refractivity contribution is 0.109. The minimum atomic E-state index is -0.248. The lowest BCUT2D eigenvalue weighted by atomic mass is 9.92. The monoisotopic (exact) mass is 295 g/mol. The van der Waals surface area contributed by atoms with Crippen LogP contribution in [0.4, 0.5) is 11.9 Å². The molecule has 118 valence electrons. The summed E-state index contributed by atoms with van der Waals surface area (Å²) < 4.78 is 5.41. The summed E-state index contributed by atoms with van der Waals surface area (Å²) in [4.78, 5) is 15.2. The van der Waals surface area contributed by atoms with Crippen molar-refractivity contribution in [2.24, 2.45) is 5.92 Å². The molecule has 0 bridgehead atoms. The van der Waals surface area contributed by atoms with Gasteiger partial charge in [-0.2, -0.15) is 15.0 Å². The summed E-state index contributed by atoms with van der Waals surface area (Å²) in [6.45, 7) is 8.73. The van der Waals surface area contributed by atoms with Crippen molar-refractivity contribution in [1.29, 1.82) is 0 Å². The highest BCUT2D eigenvalue weighted by Crippen LogP contribution is 2.24. The van der Waals surface area contributed by atoms with Crippen molar-refractivity contribution in [1.82, 2.24) is 15.0 Å². The predicted molar refractivity (Wildman–Crippen MR) is 81.8 cm³/mol. The fraction of sp³-hybridized carbons (Fsp3) is 0.786. The van der Waals surface area contributed by atoms with E-state index in [0.717, 1.165) is 32.5 Å². The number of anilines is 2. The van der Waals surface area contributed by atoms with Crippen molar-refractivity contribution in [2.45, 2.75) is 39.7 Å². The minimum Gasteiger partial charge on any atom is -0.464 e. The number of nitrogens with one attached hydrogen (secondary N) is 1. The van der Waals surface area contributed by atoms with Crippen LogP contribution >= 0.6 is 0 Å². The Morgan fingerprint density at radius 3 is 2.57 bits per heavy atom. The number of aliphatic hydroxyl groups is 1. The molecule has 2 rings (SSSR count). The Hall–Kier alpha value is -1.63. The number of piperidine rings is 1. The molecular formula is C14H25N5O2. The van der Waals surface area contributed by atoms with Crippen molar-refractivity contribution in [3.05, 3.63) is 0 Å². The molecule has 1 atom stereocenters. The van der Waals surface area contributed by atoms with E-state index >= 15 is 0 Å². The molecule has 0 saturated carbocycles. The molecule has 2 heterocycles. The van der Waals surface area contributed by atoms with Crippen LogP contribution in [-0.4, -0.2) is 52.4 Å². The Morgan fingerprint density at radius 1 is 1.29 bits per heavy atom. The van der Waals surface area contributed by atoms with Crippen molar-refractivity contribution in [3.63, 3.8) is 0 Å². The number of hydrogen-bond acceptors (Lipinski definition) is 7. The summed E-state index contributed by atoms with van der Waals surface area (Å²) in [6.07, 6.45) is 1.65. The topological polar surface area (TPSA) is 83.4 Å². The van der Waals surface area contributed by atoms with Crippen LogP contribution in [0.2, 0.25) is 0 Å². The zero-order valence-corrected chi connectivity index (χ0v) is 13.0. The number of aliphatic hydroxyl groups excluding tert-OH is 1. The van der Waals surface area contributed by atoms with E-state index in [1.165, 1.54) is 0 Å². The van der Waals surface area contributed by atoms with E-state index in [1.54, 1.807) is 0 Å². The smallest absolute Gasteiger partial charge is 0.323 e. The molecule has 7 nitrogen and oxygen atoms in total. The fourth-order valence-electron chi connectivity index (χ4n) is 2.50. The highest BCUT2D eigenvalue weighted by atomic mass is 16.5. The number of nitrogens with zero attached hydrogens (tertiary/aromatic N) is 4. The molecular weight excluding hydrogens is 270 g/mol. The first-order valence-corrected chi connectivity index (χ1v) is 7.69. The van der Waals surface area contributed by atoms with Gasteiger partial charge in [-0.1, -0.05) is 0 Å². The summed E-state index contributed by atoms with van der Waals surface area (Å²) in [6, 6.07) is 0.357. The largest absolute Gasteiger partial charge is 0.464 e. The molecule has 7 heteroatoms. The second kappa shape index (κ2) is 7.40. The van der Waals surface area contributed by atoms with Gasteiger partial charge in [0.15, 0.2) is 0 Å². The normalized spacial score (nSPS) is 17.6. The van der Waals surface area contributed by atoms with Gasteiger partial charge in [-0.05, 0) is 39.5 Å². The molecule has 1 unspecified atom stereocenters. The average Bonchev–Trinajstić information content (AvgIpc) is 2.48. The molecule has 1 saturated heterocycles. The Morgan fingerprint density at radius 2 is 2.00 bits per heavy atom. The molecule has 0 radical (unpaired) electrons. The van der Waals surface area contributed by atoms with Crippen molar-refractivity contribution in [2.75, 3.05) is 36.5 Å². The number of hydrogen-bond donors (Lipinski definition) is 2. The summed E-state index contributed by atoms with van der Waals surface area (Å²) in [5.74, 6) is 1.56. The van der Waals surface area contributed by atoms with Crippen molar-refractivity contribution in [3.8, 4) is 6.01 Å². The van der Waals surface area contributed by atoms with Gasteiger partial charge in [0.2, 0.25) is 11.9 Å². The van der Waals surface area contributed by atoms with E-state index in [4.69, 9.17) is 4.74 Å². The van der Waals surface area contributed by atoms with Crippen LogP contribution in [0, 0.1) is 5.92 Å². The maximum absolute atomic E-state index is 9.67. The summed E-state index contributed by atoms with van der Waals surface area (Å²) in [5.41, 5.74) is 0. The third-order valence-electron chi connectivity index (χ3n) is 3.72. The lowest BCUT2D eigenvalue weighted by Crippen LogP contribution is -2.38. The molecule has 1 aliphatic rings. The van der Waals surface area contributed by atoms with E-state index in [1.807, 2.05) is 20.8 Å². The molecule has 1 aliphatic heterocycles. The SMILES string of the molecule is CCNc1nc(OCC)nc(N2CCC(C(C)O)CC2)n1. The van der Waals surface area contributed by atoms with Crippen LogP contribution in [0.25, 0.3) is 0 Å². The summed E-state index contributed by atoms with van der Waals surface area (Å²) in [5, 5.41) is 12.8. The number of aromatic nitrogens is 3. The molecule has 0 spiro atoms. The van der Waals surface area contributed by atoms with Crippen LogP contribution in [0.3, 0.4) is 0 Å². The molecule has 1 fully saturated rings. The van der Waals surface area contributed by atoms with Gasteiger partial charge < -0.3 is 20.1 Å². The molecule has 1 aromatic heterocycles. The Balaban J connectivity index is 2.11. The van der Waals surface area contributed by atoms with E-state index in [2.05, 4.69) is 25.2 Å². The highest BCUT2D eigenvalue weighted by molar-refractivity contribution is 5.38. The second-order valence-corrected chi connectivity index (χ2v) is 5.27. The third-order valence-corrected chi connectivity index (χ3v) is 3.72. The van der Waals surface area contributed by atoms with Gasteiger partial charge in [0.05, 0.1) is 12.7 Å². The first-order chi connectivity index (χ1) is 10.1. The summed E-state index contributed by atoms with van der Waals surface area (Å²) in [7, 11) is 0. The number of rotatable bonds is 6. The van der Waals surface area contributed by atoms with Crippen molar-refractivity contribution >= 4 is 11.9 Å². The average molecular weight is 295 g/mol. The third kappa shape index (κ3) is 4.17. The van der Waals surface area contributed by atoms with Crippen molar-refractivity contribution < 1.29 is 9.84 Å². The molecule has 2 N–H and O–H groups in total. The Labute approximate surface area is 125 Å². The van der Waals surface area contributed by atoms with E-state index < -0.39 is 0 Å². The van der Waals surface area contributed by atoms with E-state index in [-0.39, 0.29) is 6.10 Å². The van der Waals surface area contributed by atoms with Gasteiger partial charge in [0.1, 0.15) is 0 Å². The van der Waals surface area contributed by atoms with Crippen LogP contribution in [0.15, 0.2) is 0 Å². The first kappa shape index (κ1) is 15.8. The predicted octanol–water partition coefficient (Wildman–Crippen LogP) is 1.30. The highest BCUT2D eigenvalue weighted by Gasteiger charge is 2.24. The van der Waals surface area contributed by atoms with Gasteiger partial charge >= 0.3 is 6.01 Å². The van der Waals surface area contributed by atoms with Crippen LogP contribution in [-0.2, 0) is 0 Å². The van der Waals surface area contributed by atoms with Crippen LogP contribution in [0.5, 0.6) is 6.01 Å². The fourth-order valence-corrected chi connectivity index (χ4v) is 2.50. The molecule has 1 aromatic rings. The maximum Gasteiger partial charge on any atom is 0.323 e. The number of ether oxygens (including phenoxy) is 1. The standard InChI is InChI=1S/C14H25N5O2/c1-4-15-12-16-13(18-14(17-12)21-5-2)19-8-6-11(7-9-19)10(3)20/h10-11,20H,4-9H2,1-3H3,(H,15,16,17,18). The first-order valence-electron chi connectivity index (χ1n) is 7.69. The van der Waals surface area contributed by atoms with Gasteiger partial charge in [-0.15, -0.1) is 0 Å². The van der Waals surface area contributed by atoms with Crippen LogP contribution in [0.1, 0.15) is 33.6 Å². The zero-order valence-electron chi connectivity index (χ0n) is 13.0. The van der Waals surface area contributed by atoms with Gasteiger partial charge in [-0.3, -0.25) is 0 Å². The lowest BCUT2D eigenvalue weighted by Gasteiger charge is -2.33. The quantitative estimate of drug-likeness (QED) is 0.818. The molecule has 21 heavy (non-hydrogen) atoms. The molecule has 0 amide bonds. The van der Waals surface area contributed by atoms with Gasteiger partial charge in [0.25, 0.3) is 0 Å². The Bertz CT molecular complexity index is 423. The van der Waals surface area contributed by atoms with E-state index in [0.29, 0.717) is 30.4 Å². The van der Waals surface area contributed by atoms with E-state index in [9.17, 15) is 5.11 Å². The second-order valence-electron chi connectivity index (χ2n) is 5.27. The molecule has 0 aromatic carbocycles. The summed E-state index contributed by atoms with van der Waals surface area (Å²) >= 11 is 0. The van der Waals surface area contributed by atoms with Gasteiger partial charge in [-0.25, -0.2) is 0 Å². The minimum absolute atomic E-state index is 0.248. The van der Waals surface area contributed by atoms with Gasteiger partial charge in [0, 0.05) is 19.6 Å². The van der Waals surface area contributed by atoms with Crippen LogP contribution < -0.4 is 15.0 Å². The maximum atomic E-state index is 9.67. The molecule has 0 aliphatic carbocycles. The Kier molecular flexibility index (Phi) is 5.55. The zero-order chi connectivity index (χ0) is 15.2.